The Hall–Kier alpha value is -2.95. The minimum absolute atomic E-state index is 0.109. The molecule has 5 nitrogen and oxygen atoms in total. The van der Waals surface area contributed by atoms with E-state index in [2.05, 4.69) is 47.9 Å². The van der Waals surface area contributed by atoms with E-state index in [1.807, 2.05) is 49.4 Å². The second-order valence-corrected chi connectivity index (χ2v) is 10.8. The van der Waals surface area contributed by atoms with Crippen LogP contribution in [0, 0.1) is 25.7 Å². The molecule has 1 heterocycles. The van der Waals surface area contributed by atoms with Gasteiger partial charge in [0.25, 0.3) is 0 Å². The van der Waals surface area contributed by atoms with E-state index in [1.54, 1.807) is 12.1 Å². The summed E-state index contributed by atoms with van der Waals surface area (Å²) in [5.41, 5.74) is 4.25. The maximum atomic E-state index is 13.6. The van der Waals surface area contributed by atoms with Gasteiger partial charge in [-0.3, -0.25) is 4.90 Å². The van der Waals surface area contributed by atoms with Crippen LogP contribution in [0.2, 0.25) is 0 Å². The number of ether oxygens (including phenoxy) is 1. The Morgan fingerprint density at radius 2 is 1.49 bits per heavy atom. The first-order valence-corrected chi connectivity index (χ1v) is 13.3. The van der Waals surface area contributed by atoms with Crippen molar-refractivity contribution in [2.24, 2.45) is 0 Å². The van der Waals surface area contributed by atoms with Gasteiger partial charge in [-0.1, -0.05) is 89.7 Å². The van der Waals surface area contributed by atoms with Gasteiger partial charge in [0.05, 0.1) is 30.7 Å². The summed E-state index contributed by atoms with van der Waals surface area (Å²) in [6, 6.07) is 24.9. The van der Waals surface area contributed by atoms with E-state index >= 15 is 0 Å². The van der Waals surface area contributed by atoms with Crippen LogP contribution in [0.3, 0.4) is 0 Å². The fourth-order valence-electron chi connectivity index (χ4n) is 4.07. The van der Waals surface area contributed by atoms with Crippen molar-refractivity contribution in [2.45, 2.75) is 31.3 Å². The molecule has 3 aromatic rings. The van der Waals surface area contributed by atoms with Crippen molar-refractivity contribution in [3.8, 4) is 11.8 Å². The van der Waals surface area contributed by atoms with Crippen molar-refractivity contribution in [2.75, 3.05) is 32.8 Å². The van der Waals surface area contributed by atoms with E-state index in [0.29, 0.717) is 13.2 Å². The zero-order chi connectivity index (χ0) is 24.7. The fourth-order valence-corrected chi connectivity index (χ4v) is 5.40. The average molecular weight is 489 g/mol. The third-order valence-corrected chi connectivity index (χ3v) is 7.96. The first-order valence-electron chi connectivity index (χ1n) is 11.9. The number of aryl methyl sites for hydroxylation is 2. The van der Waals surface area contributed by atoms with E-state index < -0.39 is 10.0 Å². The Balaban J connectivity index is 1.63. The highest BCUT2D eigenvalue weighted by molar-refractivity contribution is 7.89. The Morgan fingerprint density at radius 1 is 0.886 bits per heavy atom. The van der Waals surface area contributed by atoms with Crippen LogP contribution in [0.5, 0.6) is 0 Å². The third-order valence-electron chi connectivity index (χ3n) is 6.16. The summed E-state index contributed by atoms with van der Waals surface area (Å²) in [4.78, 5) is 2.58. The van der Waals surface area contributed by atoms with Crippen molar-refractivity contribution in [3.05, 3.63) is 101 Å². The summed E-state index contributed by atoms with van der Waals surface area (Å²) in [5, 5.41) is 0. The van der Waals surface area contributed by atoms with Gasteiger partial charge in [-0.15, -0.1) is 0 Å². The molecule has 6 heteroatoms. The van der Waals surface area contributed by atoms with Crippen LogP contribution in [-0.2, 0) is 21.3 Å². The van der Waals surface area contributed by atoms with Crippen LogP contribution < -0.4 is 0 Å². The van der Waals surface area contributed by atoms with Gasteiger partial charge < -0.3 is 4.74 Å². The highest BCUT2D eigenvalue weighted by Gasteiger charge is 2.25. The summed E-state index contributed by atoms with van der Waals surface area (Å²) in [6.45, 7) is 7.32. The number of rotatable bonds is 7. The van der Waals surface area contributed by atoms with Crippen LogP contribution in [0.25, 0.3) is 0 Å². The Kier molecular flexibility index (Phi) is 8.37. The molecule has 1 fully saturated rings. The predicted octanol–water partition coefficient (Wildman–Crippen LogP) is 4.57. The molecule has 1 saturated heterocycles. The van der Waals surface area contributed by atoms with E-state index in [0.717, 1.165) is 29.8 Å². The molecule has 1 atom stereocenters. The molecule has 0 saturated carbocycles. The zero-order valence-electron chi connectivity index (χ0n) is 20.4. The topological polar surface area (TPSA) is 49.9 Å². The maximum Gasteiger partial charge on any atom is 0.244 e. The molecule has 0 N–H and O–H groups in total. The SMILES string of the molecule is Cc1ccc(C(C#CCN(Cc2ccccc2)S(=O)(=O)c2ccc(C)cc2)N2CCOCC2)cc1. The Labute approximate surface area is 209 Å². The van der Waals surface area contributed by atoms with E-state index in [-0.39, 0.29) is 24.0 Å². The van der Waals surface area contributed by atoms with Crippen molar-refractivity contribution in [3.63, 3.8) is 0 Å². The maximum absolute atomic E-state index is 13.6. The molecule has 35 heavy (non-hydrogen) atoms. The Morgan fingerprint density at radius 3 is 2.11 bits per heavy atom. The first-order chi connectivity index (χ1) is 16.9. The lowest BCUT2D eigenvalue weighted by atomic mass is 10.0. The highest BCUT2D eigenvalue weighted by atomic mass is 32.2. The molecule has 0 spiro atoms. The molecule has 3 aromatic carbocycles. The summed E-state index contributed by atoms with van der Waals surface area (Å²) in [7, 11) is -3.71. The largest absolute Gasteiger partial charge is 0.379 e. The van der Waals surface area contributed by atoms with Gasteiger partial charge in [-0.05, 0) is 37.1 Å². The fraction of sp³-hybridized carbons (Fsp3) is 0.310. The highest BCUT2D eigenvalue weighted by Crippen LogP contribution is 2.23. The number of nitrogens with zero attached hydrogens (tertiary/aromatic N) is 2. The van der Waals surface area contributed by atoms with Crippen LogP contribution in [0.4, 0.5) is 0 Å². The van der Waals surface area contributed by atoms with Crippen LogP contribution >= 0.6 is 0 Å². The number of sulfonamides is 1. The van der Waals surface area contributed by atoms with Crippen molar-refractivity contribution >= 4 is 10.0 Å². The minimum atomic E-state index is -3.71. The second-order valence-electron chi connectivity index (χ2n) is 8.85. The van der Waals surface area contributed by atoms with Crippen LogP contribution in [-0.4, -0.2) is 50.5 Å². The van der Waals surface area contributed by atoms with Gasteiger partial charge in [0.2, 0.25) is 10.0 Å². The molecule has 0 aromatic heterocycles. The van der Waals surface area contributed by atoms with Crippen molar-refractivity contribution in [1.29, 1.82) is 0 Å². The number of benzene rings is 3. The summed E-state index contributed by atoms with van der Waals surface area (Å²) >= 11 is 0. The molecule has 1 aliphatic heterocycles. The van der Waals surface area contributed by atoms with Crippen LogP contribution in [0.15, 0.2) is 83.8 Å². The molecular formula is C29H32N2O3S. The molecule has 0 aliphatic carbocycles. The van der Waals surface area contributed by atoms with Gasteiger partial charge in [0.15, 0.2) is 0 Å². The molecule has 0 radical (unpaired) electrons. The molecule has 0 amide bonds. The van der Waals surface area contributed by atoms with Crippen molar-refractivity contribution < 1.29 is 13.2 Å². The summed E-state index contributed by atoms with van der Waals surface area (Å²) < 4.78 is 34.1. The molecular weight excluding hydrogens is 456 g/mol. The number of hydrogen-bond donors (Lipinski definition) is 0. The first kappa shape index (κ1) is 25.2. The monoisotopic (exact) mass is 488 g/mol. The van der Waals surface area contributed by atoms with Crippen LogP contribution in [0.1, 0.15) is 28.3 Å². The lowest BCUT2D eigenvalue weighted by Gasteiger charge is -2.32. The standard InChI is InChI=1S/C29H32N2O3S/c1-24-10-14-27(15-11-24)29(30-19-21-34-22-20-30)9-6-18-31(23-26-7-4-3-5-8-26)35(32,33)28-16-12-25(2)13-17-28/h3-5,7-8,10-17,29H,18-23H2,1-2H3. The molecule has 1 unspecified atom stereocenters. The second kappa shape index (κ2) is 11.7. The van der Waals surface area contributed by atoms with Gasteiger partial charge in [-0.25, -0.2) is 8.42 Å². The summed E-state index contributed by atoms with van der Waals surface area (Å²) in [5.74, 6) is 6.61. The predicted molar refractivity (Wildman–Crippen MR) is 139 cm³/mol. The summed E-state index contributed by atoms with van der Waals surface area (Å²) in [6.07, 6.45) is 0. The van der Waals surface area contributed by atoms with Gasteiger partial charge >= 0.3 is 0 Å². The minimum Gasteiger partial charge on any atom is -0.379 e. The van der Waals surface area contributed by atoms with Gasteiger partial charge in [0.1, 0.15) is 0 Å². The lowest BCUT2D eigenvalue weighted by Crippen LogP contribution is -2.38. The molecule has 1 aliphatic rings. The van der Waals surface area contributed by atoms with Gasteiger partial charge in [0, 0.05) is 19.6 Å². The Bertz CT molecular complexity index is 1260. The smallest absolute Gasteiger partial charge is 0.244 e. The average Bonchev–Trinajstić information content (AvgIpc) is 2.88. The molecule has 182 valence electrons. The quantitative estimate of drug-likeness (QED) is 0.457. The third kappa shape index (κ3) is 6.59. The molecule has 0 bridgehead atoms. The zero-order valence-corrected chi connectivity index (χ0v) is 21.2. The number of morpholine rings is 1. The normalized spacial score (nSPS) is 15.4. The van der Waals surface area contributed by atoms with E-state index in [4.69, 9.17) is 4.74 Å². The van der Waals surface area contributed by atoms with E-state index in [1.165, 1.54) is 9.87 Å². The van der Waals surface area contributed by atoms with Crippen molar-refractivity contribution in [1.82, 2.24) is 9.21 Å². The molecule has 4 rings (SSSR count). The van der Waals surface area contributed by atoms with Gasteiger partial charge in [-0.2, -0.15) is 4.31 Å². The lowest BCUT2D eigenvalue weighted by molar-refractivity contribution is 0.0269. The van der Waals surface area contributed by atoms with E-state index in [9.17, 15) is 8.42 Å². The number of hydrogen-bond acceptors (Lipinski definition) is 4.